The van der Waals surface area contributed by atoms with Gasteiger partial charge in [0, 0.05) is 6.61 Å². The van der Waals surface area contributed by atoms with Gasteiger partial charge in [-0.25, -0.2) is 9.59 Å². The van der Waals surface area contributed by atoms with Gasteiger partial charge in [0.15, 0.2) is 6.04 Å². The molecule has 196 valence electrons. The molecule has 1 fully saturated rings. The Morgan fingerprint density at radius 1 is 0.972 bits per heavy atom. The molecule has 1 amide bonds. The molecule has 0 aliphatic carbocycles. The second-order valence-electron chi connectivity index (χ2n) is 9.80. The van der Waals surface area contributed by atoms with Crippen LogP contribution in [0.5, 0.6) is 0 Å². The molecule has 0 spiro atoms. The predicted molar refractivity (Wildman–Crippen MR) is 134 cm³/mol. The average Bonchev–Trinajstić information content (AvgIpc) is 2.83. The zero-order valence-electron chi connectivity index (χ0n) is 21.5. The van der Waals surface area contributed by atoms with E-state index in [0.717, 1.165) is 11.1 Å². The van der Waals surface area contributed by atoms with Crippen LogP contribution in [-0.2, 0) is 41.7 Å². The van der Waals surface area contributed by atoms with E-state index in [0.29, 0.717) is 26.2 Å². The first-order valence-corrected chi connectivity index (χ1v) is 12.3. The Kier molecular flexibility index (Phi) is 10.3. The van der Waals surface area contributed by atoms with E-state index in [-0.39, 0.29) is 12.7 Å². The summed E-state index contributed by atoms with van der Waals surface area (Å²) in [6.45, 7) is 8.03. The number of alkyl carbamates (subject to hydrolysis) is 1. The smallest absolute Gasteiger partial charge is 0.408 e. The molecule has 8 heteroatoms. The van der Waals surface area contributed by atoms with E-state index in [2.05, 4.69) is 5.32 Å². The normalized spacial score (nSPS) is 23.4. The van der Waals surface area contributed by atoms with Gasteiger partial charge >= 0.3 is 12.1 Å². The molecule has 36 heavy (non-hydrogen) atoms. The van der Waals surface area contributed by atoms with Crippen LogP contribution in [0, 0.1) is 0 Å². The van der Waals surface area contributed by atoms with E-state index in [9.17, 15) is 9.59 Å². The Labute approximate surface area is 213 Å². The lowest BCUT2D eigenvalue weighted by Crippen LogP contribution is -2.51. The molecule has 0 radical (unpaired) electrons. The lowest BCUT2D eigenvalue weighted by atomic mass is 10.0. The third-order valence-electron chi connectivity index (χ3n) is 5.53. The highest BCUT2D eigenvalue weighted by atomic mass is 16.6. The van der Waals surface area contributed by atoms with Crippen molar-refractivity contribution in [2.24, 2.45) is 0 Å². The number of carbonyl (C=O) groups excluding carboxylic acids is 2. The molecular weight excluding hydrogens is 462 g/mol. The van der Waals surface area contributed by atoms with E-state index < -0.39 is 35.9 Å². The summed E-state index contributed by atoms with van der Waals surface area (Å²) in [5.74, 6) is -0.620. The van der Waals surface area contributed by atoms with Crippen molar-refractivity contribution in [1.82, 2.24) is 5.32 Å². The van der Waals surface area contributed by atoms with Crippen LogP contribution >= 0.6 is 0 Å². The van der Waals surface area contributed by atoms with Crippen molar-refractivity contribution in [2.75, 3.05) is 13.2 Å². The monoisotopic (exact) mass is 499 g/mol. The van der Waals surface area contributed by atoms with Crippen molar-refractivity contribution in [1.29, 1.82) is 0 Å². The molecule has 2 aromatic rings. The topological polar surface area (TPSA) is 92.3 Å². The Bertz CT molecular complexity index is 945. The lowest BCUT2D eigenvalue weighted by Gasteiger charge is -2.34. The fourth-order valence-electron chi connectivity index (χ4n) is 3.78. The van der Waals surface area contributed by atoms with Crippen molar-refractivity contribution in [3.8, 4) is 0 Å². The maximum atomic E-state index is 13.0. The first-order chi connectivity index (χ1) is 17.2. The zero-order chi connectivity index (χ0) is 26.0. The summed E-state index contributed by atoms with van der Waals surface area (Å²) in [5, 5.41) is 2.56. The Morgan fingerprint density at radius 3 is 2.14 bits per heavy atom. The summed E-state index contributed by atoms with van der Waals surface area (Å²) in [4.78, 5) is 25.2. The number of benzene rings is 2. The number of nitrogens with one attached hydrogen (secondary N) is 1. The van der Waals surface area contributed by atoms with Crippen LogP contribution in [0.3, 0.4) is 0 Å². The first-order valence-electron chi connectivity index (χ1n) is 12.3. The van der Waals surface area contributed by atoms with E-state index in [1.54, 1.807) is 27.7 Å². The molecule has 1 saturated heterocycles. The van der Waals surface area contributed by atoms with Gasteiger partial charge in [-0.05, 0) is 45.2 Å². The number of cyclic esters (lactones) is 1. The van der Waals surface area contributed by atoms with Crippen molar-refractivity contribution < 1.29 is 33.3 Å². The molecule has 3 rings (SSSR count). The molecule has 1 aliphatic heterocycles. The van der Waals surface area contributed by atoms with E-state index >= 15 is 0 Å². The Balaban J connectivity index is 1.72. The minimum atomic E-state index is -1.00. The fourth-order valence-corrected chi connectivity index (χ4v) is 3.78. The fraction of sp³-hybridized carbons (Fsp3) is 0.500. The van der Waals surface area contributed by atoms with Crippen LogP contribution in [0.2, 0.25) is 0 Å². The van der Waals surface area contributed by atoms with Crippen LogP contribution in [0.25, 0.3) is 0 Å². The highest BCUT2D eigenvalue weighted by Gasteiger charge is 2.35. The van der Waals surface area contributed by atoms with E-state index in [4.69, 9.17) is 23.7 Å². The van der Waals surface area contributed by atoms with Gasteiger partial charge in [0.25, 0.3) is 0 Å². The summed E-state index contributed by atoms with van der Waals surface area (Å²) in [6.07, 6.45) is -1.76. The summed E-state index contributed by atoms with van der Waals surface area (Å²) in [7, 11) is 0. The molecule has 0 bridgehead atoms. The zero-order valence-corrected chi connectivity index (χ0v) is 21.5. The van der Waals surface area contributed by atoms with Crippen LogP contribution in [0.15, 0.2) is 60.7 Å². The Morgan fingerprint density at radius 2 is 1.56 bits per heavy atom. The summed E-state index contributed by atoms with van der Waals surface area (Å²) >= 11 is 0. The van der Waals surface area contributed by atoms with Crippen LogP contribution in [0.1, 0.15) is 45.2 Å². The number of carbonyl (C=O) groups is 2. The van der Waals surface area contributed by atoms with Crippen LogP contribution in [0.4, 0.5) is 4.79 Å². The SMILES string of the molecule is C[C@@H]1OC(=O)[C@@H](NC(=O)OC(C)(C)C)COCC[C@H](OCc2ccccc2)[C@H]1OCc1ccccc1. The Hall–Kier alpha value is -2.94. The van der Waals surface area contributed by atoms with E-state index in [1.807, 2.05) is 60.7 Å². The van der Waals surface area contributed by atoms with Gasteiger partial charge in [0.1, 0.15) is 17.8 Å². The van der Waals surface area contributed by atoms with Gasteiger partial charge in [0.2, 0.25) is 0 Å². The highest BCUT2D eigenvalue weighted by Crippen LogP contribution is 2.21. The molecule has 1 heterocycles. The molecule has 0 unspecified atom stereocenters. The number of amides is 1. The molecule has 4 atom stereocenters. The predicted octanol–water partition coefficient (Wildman–Crippen LogP) is 4.40. The van der Waals surface area contributed by atoms with Crippen LogP contribution in [-0.4, -0.2) is 55.2 Å². The first kappa shape index (κ1) is 27.6. The number of rotatable bonds is 7. The largest absolute Gasteiger partial charge is 0.458 e. The maximum absolute atomic E-state index is 13.0. The molecule has 0 saturated carbocycles. The molecule has 1 aliphatic rings. The molecule has 1 N–H and O–H groups in total. The summed E-state index contributed by atoms with van der Waals surface area (Å²) in [5.41, 5.74) is 1.33. The minimum absolute atomic E-state index is 0.0360. The van der Waals surface area contributed by atoms with Crippen molar-refractivity contribution >= 4 is 12.1 Å². The summed E-state index contributed by atoms with van der Waals surface area (Å²) < 4.78 is 29.3. The van der Waals surface area contributed by atoms with E-state index in [1.165, 1.54) is 0 Å². The van der Waals surface area contributed by atoms with Crippen LogP contribution < -0.4 is 5.32 Å². The number of hydrogen-bond donors (Lipinski definition) is 1. The van der Waals surface area contributed by atoms with Gasteiger partial charge < -0.3 is 29.0 Å². The number of esters is 1. The highest BCUT2D eigenvalue weighted by molar-refractivity contribution is 5.81. The third kappa shape index (κ3) is 9.26. The number of hydrogen-bond acceptors (Lipinski definition) is 7. The lowest BCUT2D eigenvalue weighted by molar-refractivity contribution is -0.178. The van der Waals surface area contributed by atoms with Crippen molar-refractivity contribution in [3.05, 3.63) is 71.8 Å². The molecular formula is C28H37NO7. The van der Waals surface area contributed by atoms with Gasteiger partial charge in [-0.15, -0.1) is 0 Å². The second kappa shape index (κ2) is 13.4. The summed E-state index contributed by atoms with van der Waals surface area (Å²) in [6, 6.07) is 18.6. The quantitative estimate of drug-likeness (QED) is 0.565. The molecule has 8 nitrogen and oxygen atoms in total. The van der Waals surface area contributed by atoms with Gasteiger partial charge in [-0.3, -0.25) is 0 Å². The minimum Gasteiger partial charge on any atom is -0.458 e. The standard InChI is InChI=1S/C28H37NO7/c1-20-25(34-18-22-13-9-6-10-14-22)24(33-17-21-11-7-5-8-12-21)15-16-32-19-23(26(30)35-20)29-27(31)36-28(2,3)4/h5-14,20,23-25H,15-19H2,1-4H3,(H,29,31)/t20-,23-,24-,25-/m0/s1. The molecule has 2 aromatic carbocycles. The van der Waals surface area contributed by atoms with Crippen molar-refractivity contribution in [3.63, 3.8) is 0 Å². The van der Waals surface area contributed by atoms with Gasteiger partial charge in [0.05, 0.1) is 25.9 Å². The molecule has 0 aromatic heterocycles. The second-order valence-corrected chi connectivity index (χ2v) is 9.80. The van der Waals surface area contributed by atoms with Gasteiger partial charge in [-0.1, -0.05) is 60.7 Å². The maximum Gasteiger partial charge on any atom is 0.408 e. The number of ether oxygens (including phenoxy) is 5. The van der Waals surface area contributed by atoms with Gasteiger partial charge in [-0.2, -0.15) is 0 Å². The average molecular weight is 500 g/mol. The third-order valence-corrected chi connectivity index (χ3v) is 5.53. The van der Waals surface area contributed by atoms with Crippen molar-refractivity contribution in [2.45, 2.75) is 77.3 Å².